The van der Waals surface area contributed by atoms with Crippen LogP contribution in [-0.4, -0.2) is 35.8 Å². The molecule has 2 aromatic rings. The molecular formula is C20H19Cl2F2N3O2. The smallest absolute Gasteiger partial charge is 0.317 e. The monoisotopic (exact) mass is 441 g/mol. The molecule has 5 nitrogen and oxygen atoms in total. The van der Waals surface area contributed by atoms with Crippen LogP contribution in [0.15, 0.2) is 41.6 Å². The molecule has 2 aromatic carbocycles. The highest BCUT2D eigenvalue weighted by atomic mass is 35.5. The lowest BCUT2D eigenvalue weighted by Crippen LogP contribution is -2.43. The van der Waals surface area contributed by atoms with Gasteiger partial charge in [0.05, 0.1) is 28.8 Å². The molecule has 1 unspecified atom stereocenters. The Labute approximate surface area is 177 Å². The van der Waals surface area contributed by atoms with Crippen LogP contribution >= 0.6 is 23.2 Å². The van der Waals surface area contributed by atoms with Crippen LogP contribution < -0.4 is 5.32 Å². The molecule has 1 heterocycles. The summed E-state index contributed by atoms with van der Waals surface area (Å²) in [6.07, 6.45) is 0.0327. The summed E-state index contributed by atoms with van der Waals surface area (Å²) < 4.78 is 27.2. The van der Waals surface area contributed by atoms with Crippen LogP contribution in [0.4, 0.5) is 13.6 Å². The van der Waals surface area contributed by atoms with E-state index in [2.05, 4.69) is 10.5 Å². The summed E-state index contributed by atoms with van der Waals surface area (Å²) in [6.45, 7) is 2.35. The molecule has 3 rings (SSSR count). The van der Waals surface area contributed by atoms with Gasteiger partial charge in [-0.2, -0.15) is 0 Å². The molecule has 154 valence electrons. The maximum Gasteiger partial charge on any atom is 0.317 e. The molecule has 1 aliphatic heterocycles. The topological polar surface area (TPSA) is 53.9 Å². The fourth-order valence-corrected chi connectivity index (χ4v) is 3.25. The third kappa shape index (κ3) is 5.36. The van der Waals surface area contributed by atoms with E-state index < -0.39 is 17.7 Å². The number of oxime groups is 1. The van der Waals surface area contributed by atoms with Crippen LogP contribution in [0.2, 0.25) is 10.0 Å². The standard InChI is InChI=1S/C20H19Cl2F2N3O2/c1-2-25-20(28)27(10-13-3-5-14(23)8-18(13)24)11-15-9-19(26-29-15)12-4-6-16(21)17(22)7-12/h3-8,15H,2,9-11H2,1H3,(H,25,28). The quantitative estimate of drug-likeness (QED) is 0.685. The highest BCUT2D eigenvalue weighted by molar-refractivity contribution is 6.42. The molecule has 1 atom stereocenters. The minimum atomic E-state index is -0.709. The van der Waals surface area contributed by atoms with Gasteiger partial charge in [-0.3, -0.25) is 0 Å². The first kappa shape index (κ1) is 21.3. The summed E-state index contributed by atoms with van der Waals surface area (Å²) in [5.41, 5.74) is 1.66. The zero-order valence-corrected chi connectivity index (χ0v) is 17.1. The van der Waals surface area contributed by atoms with Crippen molar-refractivity contribution in [3.8, 4) is 0 Å². The summed E-state index contributed by atoms with van der Waals surface area (Å²) in [5.74, 6) is -1.38. The van der Waals surface area contributed by atoms with Gasteiger partial charge in [0.15, 0.2) is 6.10 Å². The van der Waals surface area contributed by atoms with Crippen molar-refractivity contribution in [1.82, 2.24) is 10.2 Å². The number of rotatable bonds is 6. The van der Waals surface area contributed by atoms with Crippen molar-refractivity contribution < 1.29 is 18.4 Å². The number of carbonyl (C=O) groups is 1. The molecule has 9 heteroatoms. The highest BCUT2D eigenvalue weighted by Gasteiger charge is 2.27. The van der Waals surface area contributed by atoms with Crippen molar-refractivity contribution in [2.75, 3.05) is 13.1 Å². The van der Waals surface area contributed by atoms with Crippen molar-refractivity contribution >= 4 is 34.9 Å². The predicted molar refractivity (Wildman–Crippen MR) is 108 cm³/mol. The second-order valence-corrected chi connectivity index (χ2v) is 7.36. The highest BCUT2D eigenvalue weighted by Crippen LogP contribution is 2.26. The SMILES string of the molecule is CCNC(=O)N(Cc1ccc(F)cc1F)CC1CC(c2ccc(Cl)c(Cl)c2)=NO1. The maximum atomic E-state index is 14.1. The third-order valence-electron chi connectivity index (χ3n) is 4.40. The van der Waals surface area contributed by atoms with Crippen LogP contribution in [0, 0.1) is 11.6 Å². The molecule has 0 radical (unpaired) electrons. The lowest BCUT2D eigenvalue weighted by molar-refractivity contribution is 0.0588. The summed E-state index contributed by atoms with van der Waals surface area (Å²) in [7, 11) is 0. The van der Waals surface area contributed by atoms with E-state index in [1.54, 1.807) is 25.1 Å². The van der Waals surface area contributed by atoms with Crippen LogP contribution in [-0.2, 0) is 11.4 Å². The van der Waals surface area contributed by atoms with E-state index in [-0.39, 0.29) is 24.7 Å². The Hall–Kier alpha value is -2.38. The number of amides is 2. The van der Waals surface area contributed by atoms with Crippen molar-refractivity contribution in [1.29, 1.82) is 0 Å². The van der Waals surface area contributed by atoms with E-state index in [0.29, 0.717) is 28.7 Å². The van der Waals surface area contributed by atoms with Gasteiger partial charge in [-0.1, -0.05) is 40.5 Å². The zero-order valence-electron chi connectivity index (χ0n) is 15.6. The maximum absolute atomic E-state index is 14.1. The van der Waals surface area contributed by atoms with Gasteiger partial charge in [0.2, 0.25) is 0 Å². The van der Waals surface area contributed by atoms with Crippen molar-refractivity contribution in [2.45, 2.75) is 26.0 Å². The first-order valence-corrected chi connectivity index (χ1v) is 9.77. The molecule has 29 heavy (non-hydrogen) atoms. The van der Waals surface area contributed by atoms with Crippen molar-refractivity contribution in [2.24, 2.45) is 5.16 Å². The van der Waals surface area contributed by atoms with E-state index >= 15 is 0 Å². The van der Waals surface area contributed by atoms with E-state index in [1.165, 1.54) is 11.0 Å². The number of nitrogens with zero attached hydrogens (tertiary/aromatic N) is 2. The summed E-state index contributed by atoms with van der Waals surface area (Å²) in [4.78, 5) is 19.3. The fourth-order valence-electron chi connectivity index (χ4n) is 2.96. The predicted octanol–water partition coefficient (Wildman–Crippen LogP) is 5.00. The normalized spacial score (nSPS) is 15.6. The number of halogens is 4. The van der Waals surface area contributed by atoms with Gasteiger partial charge >= 0.3 is 6.03 Å². The molecule has 0 spiro atoms. The van der Waals surface area contributed by atoms with Crippen LogP contribution in [0.25, 0.3) is 0 Å². The van der Waals surface area contributed by atoms with E-state index in [4.69, 9.17) is 28.0 Å². The molecule has 1 aliphatic rings. The molecule has 1 N–H and O–H groups in total. The molecule has 0 bridgehead atoms. The van der Waals surface area contributed by atoms with Crippen LogP contribution in [0.5, 0.6) is 0 Å². The molecule has 0 saturated heterocycles. The van der Waals surface area contributed by atoms with Gasteiger partial charge in [-0.05, 0) is 25.1 Å². The Balaban J connectivity index is 1.70. The van der Waals surface area contributed by atoms with Crippen molar-refractivity contribution in [3.63, 3.8) is 0 Å². The number of hydrogen-bond acceptors (Lipinski definition) is 3. The van der Waals surface area contributed by atoms with Crippen LogP contribution in [0.3, 0.4) is 0 Å². The summed E-state index contributed by atoms with van der Waals surface area (Å²) in [5, 5.41) is 7.63. The molecule has 2 amide bonds. The second-order valence-electron chi connectivity index (χ2n) is 6.55. The van der Waals surface area contributed by atoms with Crippen LogP contribution in [0.1, 0.15) is 24.5 Å². The molecule has 0 saturated carbocycles. The average molecular weight is 442 g/mol. The molecule has 0 fully saturated rings. The summed E-state index contributed by atoms with van der Waals surface area (Å²) >= 11 is 12.0. The van der Waals surface area contributed by atoms with Gasteiger partial charge in [-0.25, -0.2) is 13.6 Å². The van der Waals surface area contributed by atoms with Gasteiger partial charge in [0.1, 0.15) is 11.6 Å². The minimum Gasteiger partial charge on any atom is -0.390 e. The van der Waals surface area contributed by atoms with Gasteiger partial charge < -0.3 is 15.1 Å². The lowest BCUT2D eigenvalue weighted by Gasteiger charge is -2.25. The second kappa shape index (κ2) is 9.41. The number of benzene rings is 2. The molecule has 0 aliphatic carbocycles. The summed E-state index contributed by atoms with van der Waals surface area (Å²) in [6, 6.07) is 8.06. The Kier molecular flexibility index (Phi) is 6.92. The van der Waals surface area contributed by atoms with Gasteiger partial charge in [-0.15, -0.1) is 0 Å². The Morgan fingerprint density at radius 2 is 2.03 bits per heavy atom. The van der Waals surface area contributed by atoms with Gasteiger partial charge in [0.25, 0.3) is 0 Å². The molecular weight excluding hydrogens is 423 g/mol. The van der Waals surface area contributed by atoms with E-state index in [1.807, 2.05) is 0 Å². The largest absolute Gasteiger partial charge is 0.390 e. The number of nitrogens with one attached hydrogen (secondary N) is 1. The molecule has 0 aromatic heterocycles. The first-order valence-electron chi connectivity index (χ1n) is 9.02. The Bertz CT molecular complexity index is 940. The zero-order chi connectivity index (χ0) is 21.0. The van der Waals surface area contributed by atoms with E-state index in [0.717, 1.165) is 17.7 Å². The third-order valence-corrected chi connectivity index (χ3v) is 5.14. The number of carbonyl (C=O) groups excluding carboxylic acids is 1. The number of hydrogen-bond donors (Lipinski definition) is 1. The van der Waals surface area contributed by atoms with Crippen molar-refractivity contribution in [3.05, 3.63) is 69.2 Å². The Morgan fingerprint density at radius 3 is 2.72 bits per heavy atom. The fraction of sp³-hybridized carbons (Fsp3) is 0.300. The van der Waals surface area contributed by atoms with Gasteiger partial charge in [0, 0.05) is 30.2 Å². The Morgan fingerprint density at radius 1 is 1.24 bits per heavy atom. The average Bonchev–Trinajstić information content (AvgIpc) is 3.14. The first-order chi connectivity index (χ1) is 13.9. The minimum absolute atomic E-state index is 0.0279. The lowest BCUT2D eigenvalue weighted by atomic mass is 10.0. The number of urea groups is 1. The van der Waals surface area contributed by atoms with E-state index in [9.17, 15) is 13.6 Å².